The van der Waals surface area contributed by atoms with Gasteiger partial charge in [-0.1, -0.05) is 0 Å². The first-order chi connectivity index (χ1) is 7.62. The largest absolute Gasteiger partial charge is 0.465 e. The molecule has 1 atom stereocenters. The minimum Gasteiger partial charge on any atom is -0.465 e. The standard InChI is InChI=1S/C12H23NO2S/c1-4-15-11(14)12(2,8-5-9-16-3)13-10-6-7-10/h10,13H,4-9H2,1-3H3. The van der Waals surface area contributed by atoms with Gasteiger partial charge in [0.25, 0.3) is 0 Å². The minimum absolute atomic E-state index is 0.0944. The molecule has 0 amide bonds. The van der Waals surface area contributed by atoms with Crippen molar-refractivity contribution in [3.8, 4) is 0 Å². The fourth-order valence-corrected chi connectivity index (χ4v) is 2.20. The maximum absolute atomic E-state index is 11.9. The Bertz CT molecular complexity index is 231. The van der Waals surface area contributed by atoms with Crippen LogP contribution in [0.1, 0.15) is 39.5 Å². The molecule has 1 fully saturated rings. The molecule has 0 spiro atoms. The Hall–Kier alpha value is -0.220. The second kappa shape index (κ2) is 6.50. The van der Waals surface area contributed by atoms with Crippen LogP contribution in [-0.4, -0.2) is 36.2 Å². The summed E-state index contributed by atoms with van der Waals surface area (Å²) in [6.45, 7) is 4.30. The zero-order valence-corrected chi connectivity index (χ0v) is 11.4. The Labute approximate surface area is 103 Å². The van der Waals surface area contributed by atoms with Crippen molar-refractivity contribution in [2.45, 2.75) is 51.1 Å². The molecule has 1 unspecified atom stereocenters. The number of esters is 1. The van der Waals surface area contributed by atoms with E-state index in [2.05, 4.69) is 11.6 Å². The molecule has 94 valence electrons. The summed E-state index contributed by atoms with van der Waals surface area (Å²) >= 11 is 1.82. The SMILES string of the molecule is CCOC(=O)C(C)(CCCSC)NC1CC1. The Kier molecular flexibility index (Phi) is 5.62. The summed E-state index contributed by atoms with van der Waals surface area (Å²) in [5.41, 5.74) is -0.479. The molecule has 0 radical (unpaired) electrons. The summed E-state index contributed by atoms with van der Waals surface area (Å²) in [5.74, 6) is 1.00. The third-order valence-corrected chi connectivity index (χ3v) is 3.55. The van der Waals surface area contributed by atoms with Gasteiger partial charge >= 0.3 is 5.97 Å². The summed E-state index contributed by atoms with van der Waals surface area (Å²) in [7, 11) is 0. The number of hydrogen-bond acceptors (Lipinski definition) is 4. The number of thioether (sulfide) groups is 1. The lowest BCUT2D eigenvalue weighted by Crippen LogP contribution is -2.51. The fourth-order valence-electron chi connectivity index (χ4n) is 1.77. The third-order valence-electron chi connectivity index (χ3n) is 2.85. The van der Waals surface area contributed by atoms with E-state index in [1.54, 1.807) is 0 Å². The van der Waals surface area contributed by atoms with Crippen LogP contribution in [0.5, 0.6) is 0 Å². The first-order valence-corrected chi connectivity index (χ1v) is 7.45. The lowest BCUT2D eigenvalue weighted by molar-refractivity contribution is -0.151. The van der Waals surface area contributed by atoms with Crippen molar-refractivity contribution in [1.29, 1.82) is 0 Å². The van der Waals surface area contributed by atoms with Gasteiger partial charge in [0.2, 0.25) is 0 Å². The van der Waals surface area contributed by atoms with Crippen molar-refractivity contribution >= 4 is 17.7 Å². The summed E-state index contributed by atoms with van der Waals surface area (Å²) in [6, 6.07) is 0.531. The smallest absolute Gasteiger partial charge is 0.326 e. The van der Waals surface area contributed by atoms with E-state index in [1.165, 1.54) is 12.8 Å². The molecule has 0 bridgehead atoms. The van der Waals surface area contributed by atoms with Crippen LogP contribution in [-0.2, 0) is 9.53 Å². The lowest BCUT2D eigenvalue weighted by atomic mass is 9.96. The Morgan fingerprint density at radius 2 is 2.25 bits per heavy atom. The van der Waals surface area contributed by atoms with Crippen LogP contribution < -0.4 is 5.32 Å². The van der Waals surface area contributed by atoms with Gasteiger partial charge < -0.3 is 4.74 Å². The van der Waals surface area contributed by atoms with Crippen LogP contribution in [0.2, 0.25) is 0 Å². The summed E-state index contributed by atoms with van der Waals surface area (Å²) in [5, 5.41) is 3.43. The highest BCUT2D eigenvalue weighted by atomic mass is 32.2. The highest BCUT2D eigenvalue weighted by Crippen LogP contribution is 2.26. The zero-order valence-electron chi connectivity index (χ0n) is 10.5. The van der Waals surface area contributed by atoms with Gasteiger partial charge in [0.1, 0.15) is 5.54 Å². The Morgan fingerprint density at radius 1 is 1.56 bits per heavy atom. The predicted octanol–water partition coefficient (Wildman–Crippen LogP) is 2.20. The van der Waals surface area contributed by atoms with Gasteiger partial charge in [0.15, 0.2) is 0 Å². The third kappa shape index (κ3) is 4.34. The maximum atomic E-state index is 11.9. The Balaban J connectivity index is 2.47. The monoisotopic (exact) mass is 245 g/mol. The highest BCUT2D eigenvalue weighted by Gasteiger charge is 2.38. The molecule has 0 aliphatic heterocycles. The number of carbonyl (C=O) groups excluding carboxylic acids is 1. The van der Waals surface area contributed by atoms with Crippen molar-refractivity contribution in [3.05, 3.63) is 0 Å². The number of nitrogens with one attached hydrogen (secondary N) is 1. The van der Waals surface area contributed by atoms with E-state index in [9.17, 15) is 4.79 Å². The molecule has 1 aliphatic carbocycles. The van der Waals surface area contributed by atoms with Crippen molar-refractivity contribution in [3.63, 3.8) is 0 Å². The zero-order chi connectivity index (χ0) is 12.0. The molecule has 4 heteroatoms. The van der Waals surface area contributed by atoms with Crippen LogP contribution >= 0.6 is 11.8 Å². The second-order valence-corrected chi connectivity index (χ2v) is 5.55. The van der Waals surface area contributed by atoms with Crippen LogP contribution in [0, 0.1) is 0 Å². The molecular weight excluding hydrogens is 222 g/mol. The molecule has 0 saturated heterocycles. The van der Waals surface area contributed by atoms with E-state index >= 15 is 0 Å². The van der Waals surface area contributed by atoms with E-state index in [4.69, 9.17) is 4.74 Å². The fraction of sp³-hybridized carbons (Fsp3) is 0.917. The molecule has 3 nitrogen and oxygen atoms in total. The van der Waals surface area contributed by atoms with Gasteiger partial charge in [-0.2, -0.15) is 11.8 Å². The molecule has 0 aromatic carbocycles. The Morgan fingerprint density at radius 3 is 2.75 bits per heavy atom. The minimum atomic E-state index is -0.479. The number of ether oxygens (including phenoxy) is 1. The molecule has 0 aromatic rings. The van der Waals surface area contributed by atoms with Crippen LogP contribution in [0.4, 0.5) is 0 Å². The average molecular weight is 245 g/mol. The van der Waals surface area contributed by atoms with Gasteiger partial charge in [0.05, 0.1) is 6.61 Å². The van der Waals surface area contributed by atoms with Crippen LogP contribution in [0.15, 0.2) is 0 Å². The molecule has 1 rings (SSSR count). The van der Waals surface area contributed by atoms with Crippen molar-refractivity contribution in [2.75, 3.05) is 18.6 Å². The van der Waals surface area contributed by atoms with Crippen LogP contribution in [0.3, 0.4) is 0 Å². The van der Waals surface area contributed by atoms with E-state index in [0.29, 0.717) is 12.6 Å². The first kappa shape index (κ1) is 13.8. The summed E-state index contributed by atoms with van der Waals surface area (Å²) in [4.78, 5) is 11.9. The van der Waals surface area contributed by atoms with Crippen LogP contribution in [0.25, 0.3) is 0 Å². The van der Waals surface area contributed by atoms with Gasteiger partial charge in [-0.3, -0.25) is 10.1 Å². The number of carbonyl (C=O) groups is 1. The number of rotatable bonds is 8. The molecule has 1 aliphatic rings. The topological polar surface area (TPSA) is 38.3 Å². The summed E-state index contributed by atoms with van der Waals surface area (Å²) < 4.78 is 5.16. The van der Waals surface area contributed by atoms with Gasteiger partial charge in [-0.15, -0.1) is 0 Å². The highest BCUT2D eigenvalue weighted by molar-refractivity contribution is 7.98. The van der Waals surface area contributed by atoms with Crippen molar-refractivity contribution in [2.24, 2.45) is 0 Å². The van der Waals surface area contributed by atoms with E-state index in [1.807, 2.05) is 25.6 Å². The van der Waals surface area contributed by atoms with E-state index in [0.717, 1.165) is 18.6 Å². The van der Waals surface area contributed by atoms with Gasteiger partial charge in [0, 0.05) is 6.04 Å². The average Bonchev–Trinajstić information content (AvgIpc) is 3.02. The quantitative estimate of drug-likeness (QED) is 0.525. The van der Waals surface area contributed by atoms with Gasteiger partial charge in [-0.05, 0) is 51.5 Å². The molecule has 0 aromatic heterocycles. The molecule has 0 heterocycles. The van der Waals surface area contributed by atoms with Crippen molar-refractivity contribution in [1.82, 2.24) is 5.32 Å². The lowest BCUT2D eigenvalue weighted by Gasteiger charge is -2.28. The molecule has 16 heavy (non-hydrogen) atoms. The molecular formula is C12H23NO2S. The summed E-state index contributed by atoms with van der Waals surface area (Å²) in [6.07, 6.45) is 6.39. The maximum Gasteiger partial charge on any atom is 0.326 e. The van der Waals surface area contributed by atoms with E-state index < -0.39 is 5.54 Å². The molecule has 1 saturated carbocycles. The number of hydrogen-bond donors (Lipinski definition) is 1. The van der Waals surface area contributed by atoms with Crippen molar-refractivity contribution < 1.29 is 9.53 Å². The second-order valence-electron chi connectivity index (χ2n) is 4.57. The normalized spacial score (nSPS) is 19.2. The molecule has 1 N–H and O–H groups in total. The van der Waals surface area contributed by atoms with E-state index in [-0.39, 0.29) is 5.97 Å². The first-order valence-electron chi connectivity index (χ1n) is 6.06. The van der Waals surface area contributed by atoms with Gasteiger partial charge in [-0.25, -0.2) is 0 Å². The predicted molar refractivity (Wildman–Crippen MR) is 68.8 cm³/mol.